The third-order valence-corrected chi connectivity index (χ3v) is 4.19. The smallest absolute Gasteiger partial charge is 0.161 e. The molecule has 1 aromatic carbocycles. The summed E-state index contributed by atoms with van der Waals surface area (Å²) in [4.78, 5) is 11.5. The van der Waals surface area contributed by atoms with Gasteiger partial charge in [-0.2, -0.15) is 0 Å². The van der Waals surface area contributed by atoms with Crippen molar-refractivity contribution in [2.75, 3.05) is 37.5 Å². The Morgan fingerprint density at radius 2 is 1.91 bits per heavy atom. The standard InChI is InChI=1S/C16H19N3O2S/c1-22(20)12-14-11-15(19-7-9-21-10-8-19)18-16(17-14)13-5-3-2-4-6-13/h2-6,11H,7-10,12H2,1H3/t22-/m1/s1. The van der Waals surface area contributed by atoms with Gasteiger partial charge in [0.2, 0.25) is 0 Å². The van der Waals surface area contributed by atoms with Crippen LogP contribution in [0.5, 0.6) is 0 Å². The van der Waals surface area contributed by atoms with E-state index in [9.17, 15) is 4.21 Å². The van der Waals surface area contributed by atoms with E-state index < -0.39 is 10.8 Å². The van der Waals surface area contributed by atoms with Crippen molar-refractivity contribution in [1.29, 1.82) is 0 Å². The summed E-state index contributed by atoms with van der Waals surface area (Å²) in [6.45, 7) is 3.05. The van der Waals surface area contributed by atoms with Gasteiger partial charge in [-0.3, -0.25) is 4.21 Å². The zero-order chi connectivity index (χ0) is 15.4. The van der Waals surface area contributed by atoms with E-state index in [1.54, 1.807) is 6.26 Å². The maximum Gasteiger partial charge on any atom is 0.161 e. The van der Waals surface area contributed by atoms with Gasteiger partial charge < -0.3 is 9.64 Å². The summed E-state index contributed by atoms with van der Waals surface area (Å²) < 4.78 is 17.0. The normalized spacial score (nSPS) is 16.5. The summed E-state index contributed by atoms with van der Waals surface area (Å²) in [6, 6.07) is 11.8. The number of hydrogen-bond donors (Lipinski definition) is 0. The van der Waals surface area contributed by atoms with Crippen molar-refractivity contribution in [1.82, 2.24) is 9.97 Å². The number of ether oxygens (including phenoxy) is 1. The number of morpholine rings is 1. The van der Waals surface area contributed by atoms with Gasteiger partial charge in [0.1, 0.15) is 5.82 Å². The monoisotopic (exact) mass is 317 g/mol. The van der Waals surface area contributed by atoms with Gasteiger partial charge in [0.05, 0.1) is 24.7 Å². The lowest BCUT2D eigenvalue weighted by Gasteiger charge is -2.28. The highest BCUT2D eigenvalue weighted by Gasteiger charge is 2.16. The van der Waals surface area contributed by atoms with Gasteiger partial charge in [0, 0.05) is 41.8 Å². The molecule has 0 bridgehead atoms. The summed E-state index contributed by atoms with van der Waals surface area (Å²) in [5.74, 6) is 2.02. The molecular formula is C16H19N3O2S. The second-order valence-corrected chi connectivity index (χ2v) is 6.66. The van der Waals surface area contributed by atoms with E-state index in [2.05, 4.69) is 9.88 Å². The average molecular weight is 317 g/mol. The SMILES string of the molecule is C[S@@](=O)Cc1cc(N2CCOCC2)nc(-c2ccccc2)n1. The molecule has 2 aromatic rings. The van der Waals surface area contributed by atoms with Crippen LogP contribution in [0.4, 0.5) is 5.82 Å². The fourth-order valence-electron chi connectivity index (χ4n) is 2.44. The Kier molecular flexibility index (Phi) is 4.80. The van der Waals surface area contributed by atoms with Crippen molar-refractivity contribution in [3.05, 3.63) is 42.1 Å². The molecule has 0 aliphatic carbocycles. The first-order valence-electron chi connectivity index (χ1n) is 7.28. The zero-order valence-electron chi connectivity index (χ0n) is 12.6. The van der Waals surface area contributed by atoms with Crippen molar-refractivity contribution in [3.63, 3.8) is 0 Å². The Bertz CT molecular complexity index is 658. The number of nitrogens with zero attached hydrogens (tertiary/aromatic N) is 3. The van der Waals surface area contributed by atoms with Gasteiger partial charge in [0.25, 0.3) is 0 Å². The maximum absolute atomic E-state index is 11.6. The van der Waals surface area contributed by atoms with Crippen molar-refractivity contribution >= 4 is 16.6 Å². The molecule has 1 aliphatic heterocycles. The van der Waals surface area contributed by atoms with E-state index in [1.807, 2.05) is 36.4 Å². The predicted octanol–water partition coefficient (Wildman–Crippen LogP) is 1.86. The van der Waals surface area contributed by atoms with Crippen LogP contribution < -0.4 is 4.90 Å². The lowest BCUT2D eigenvalue weighted by atomic mass is 10.2. The Morgan fingerprint density at radius 3 is 2.59 bits per heavy atom. The van der Waals surface area contributed by atoms with Crippen LogP contribution in [0.3, 0.4) is 0 Å². The molecule has 22 heavy (non-hydrogen) atoms. The van der Waals surface area contributed by atoms with Crippen molar-refractivity contribution in [2.45, 2.75) is 5.75 Å². The molecule has 0 amide bonds. The molecule has 1 saturated heterocycles. The molecule has 2 heterocycles. The zero-order valence-corrected chi connectivity index (χ0v) is 13.4. The molecule has 0 radical (unpaired) electrons. The predicted molar refractivity (Wildman–Crippen MR) is 88.3 cm³/mol. The molecule has 0 unspecified atom stereocenters. The first-order chi connectivity index (χ1) is 10.7. The molecule has 1 aliphatic rings. The first-order valence-corrected chi connectivity index (χ1v) is 9.01. The van der Waals surface area contributed by atoms with Crippen LogP contribution >= 0.6 is 0 Å². The topological polar surface area (TPSA) is 55.3 Å². The van der Waals surface area contributed by atoms with Crippen LogP contribution in [0.2, 0.25) is 0 Å². The van der Waals surface area contributed by atoms with Crippen LogP contribution in [0.15, 0.2) is 36.4 Å². The van der Waals surface area contributed by atoms with E-state index in [-0.39, 0.29) is 0 Å². The van der Waals surface area contributed by atoms with Gasteiger partial charge in [-0.25, -0.2) is 9.97 Å². The lowest BCUT2D eigenvalue weighted by molar-refractivity contribution is 0.122. The Balaban J connectivity index is 1.99. The lowest BCUT2D eigenvalue weighted by Crippen LogP contribution is -2.37. The third-order valence-electron chi connectivity index (χ3n) is 3.48. The molecule has 0 N–H and O–H groups in total. The minimum atomic E-state index is -0.928. The second-order valence-electron chi connectivity index (χ2n) is 5.22. The molecule has 1 aromatic heterocycles. The van der Waals surface area contributed by atoms with Crippen molar-refractivity contribution < 1.29 is 8.95 Å². The van der Waals surface area contributed by atoms with Gasteiger partial charge in [-0.1, -0.05) is 30.3 Å². The molecule has 0 saturated carbocycles. The van der Waals surface area contributed by atoms with E-state index >= 15 is 0 Å². The molecule has 6 heteroatoms. The van der Waals surface area contributed by atoms with Gasteiger partial charge in [-0.05, 0) is 0 Å². The largest absolute Gasteiger partial charge is 0.378 e. The average Bonchev–Trinajstić information content (AvgIpc) is 2.55. The van der Waals surface area contributed by atoms with E-state index in [1.165, 1.54) is 0 Å². The van der Waals surface area contributed by atoms with Crippen molar-refractivity contribution in [2.24, 2.45) is 0 Å². The Hall–Kier alpha value is -1.79. The Morgan fingerprint density at radius 1 is 1.18 bits per heavy atom. The number of anilines is 1. The number of rotatable bonds is 4. The molecule has 0 spiro atoms. The fraction of sp³-hybridized carbons (Fsp3) is 0.375. The highest BCUT2D eigenvalue weighted by molar-refractivity contribution is 7.83. The van der Waals surface area contributed by atoms with Gasteiger partial charge in [0.15, 0.2) is 5.82 Å². The highest BCUT2D eigenvalue weighted by atomic mass is 32.2. The molecular weight excluding hydrogens is 298 g/mol. The molecule has 116 valence electrons. The molecule has 5 nitrogen and oxygen atoms in total. The van der Waals surface area contributed by atoms with Crippen LogP contribution in [0, 0.1) is 0 Å². The number of benzene rings is 1. The minimum absolute atomic E-state index is 0.444. The maximum atomic E-state index is 11.6. The number of aromatic nitrogens is 2. The van der Waals surface area contributed by atoms with Crippen molar-refractivity contribution in [3.8, 4) is 11.4 Å². The highest BCUT2D eigenvalue weighted by Crippen LogP contribution is 2.21. The quantitative estimate of drug-likeness (QED) is 0.861. The van der Waals surface area contributed by atoms with Crippen LogP contribution in [0.1, 0.15) is 5.69 Å². The number of hydrogen-bond acceptors (Lipinski definition) is 5. The minimum Gasteiger partial charge on any atom is -0.378 e. The second kappa shape index (κ2) is 6.98. The first kappa shape index (κ1) is 15.1. The molecule has 1 atom stereocenters. The van der Waals surface area contributed by atoms with E-state index in [4.69, 9.17) is 9.72 Å². The summed E-state index contributed by atoms with van der Waals surface area (Å²) in [6.07, 6.45) is 1.69. The summed E-state index contributed by atoms with van der Waals surface area (Å²) in [5, 5.41) is 0. The Labute approximate surface area is 132 Å². The summed E-state index contributed by atoms with van der Waals surface area (Å²) >= 11 is 0. The summed E-state index contributed by atoms with van der Waals surface area (Å²) in [7, 11) is -0.928. The van der Waals surface area contributed by atoms with E-state index in [0.29, 0.717) is 24.8 Å². The van der Waals surface area contributed by atoms with E-state index in [0.717, 1.165) is 30.2 Å². The molecule has 3 rings (SSSR count). The van der Waals surface area contributed by atoms with Crippen LogP contribution in [0.25, 0.3) is 11.4 Å². The van der Waals surface area contributed by atoms with Gasteiger partial charge >= 0.3 is 0 Å². The fourth-order valence-corrected chi connectivity index (χ4v) is 3.00. The third kappa shape index (κ3) is 3.69. The summed E-state index contributed by atoms with van der Waals surface area (Å²) in [5.41, 5.74) is 1.79. The molecule has 1 fully saturated rings. The van der Waals surface area contributed by atoms with Crippen LogP contribution in [-0.4, -0.2) is 46.7 Å². The van der Waals surface area contributed by atoms with Gasteiger partial charge in [-0.15, -0.1) is 0 Å². The van der Waals surface area contributed by atoms with Crippen LogP contribution in [-0.2, 0) is 21.3 Å².